The molecule has 1 heterocycles. The van der Waals surface area contributed by atoms with Crippen molar-refractivity contribution in [3.05, 3.63) is 35.4 Å². The van der Waals surface area contributed by atoms with Crippen LogP contribution in [0.5, 0.6) is 0 Å². The Morgan fingerprint density at radius 3 is 2.62 bits per heavy atom. The number of rotatable bonds is 8. The van der Waals surface area contributed by atoms with E-state index in [4.69, 9.17) is 4.74 Å². The van der Waals surface area contributed by atoms with E-state index in [1.807, 2.05) is 7.05 Å². The molecule has 5 heteroatoms. The van der Waals surface area contributed by atoms with Crippen molar-refractivity contribution >= 4 is 5.96 Å². The number of likely N-dealkylation sites (tertiary alicyclic amines) is 1. The molecule has 0 amide bonds. The van der Waals surface area contributed by atoms with Crippen molar-refractivity contribution in [3.63, 3.8) is 0 Å². The van der Waals surface area contributed by atoms with E-state index in [9.17, 15) is 0 Å². The Morgan fingerprint density at radius 1 is 1.27 bits per heavy atom. The lowest BCUT2D eigenvalue weighted by atomic mass is 10.1. The zero-order valence-electron chi connectivity index (χ0n) is 17.1. The Balaban J connectivity index is 1.89. The van der Waals surface area contributed by atoms with Crippen LogP contribution in [0, 0.1) is 5.92 Å². The van der Waals surface area contributed by atoms with Crippen LogP contribution in [0.25, 0.3) is 0 Å². The highest BCUT2D eigenvalue weighted by molar-refractivity contribution is 5.80. The van der Waals surface area contributed by atoms with Gasteiger partial charge in [0.1, 0.15) is 0 Å². The first-order chi connectivity index (χ1) is 12.5. The molecule has 2 rings (SSSR count). The lowest BCUT2D eigenvalue weighted by molar-refractivity contribution is 0.121. The quantitative estimate of drug-likeness (QED) is 0.425. The number of guanidine groups is 1. The van der Waals surface area contributed by atoms with E-state index in [0.29, 0.717) is 24.6 Å². The zero-order chi connectivity index (χ0) is 18.9. The Kier molecular flexibility index (Phi) is 8.39. The molecule has 0 spiro atoms. The summed E-state index contributed by atoms with van der Waals surface area (Å²) in [4.78, 5) is 6.94. The van der Waals surface area contributed by atoms with Crippen molar-refractivity contribution < 1.29 is 4.74 Å². The number of hydrogen-bond donors (Lipinski definition) is 2. The second-order valence-corrected chi connectivity index (χ2v) is 7.52. The molecule has 5 nitrogen and oxygen atoms in total. The molecule has 0 aliphatic carbocycles. The fraction of sp³-hybridized carbons (Fsp3) is 0.667. The second kappa shape index (κ2) is 10.5. The van der Waals surface area contributed by atoms with Crippen LogP contribution in [-0.4, -0.2) is 49.7 Å². The third-order valence-electron chi connectivity index (χ3n) is 5.09. The fourth-order valence-electron chi connectivity index (χ4n) is 3.36. The van der Waals surface area contributed by atoms with Crippen LogP contribution in [0.4, 0.5) is 0 Å². The number of ether oxygens (including phenoxy) is 1. The largest absolute Gasteiger partial charge is 0.377 e. The molecule has 2 unspecified atom stereocenters. The van der Waals surface area contributed by atoms with Crippen molar-refractivity contribution in [3.8, 4) is 0 Å². The van der Waals surface area contributed by atoms with Crippen molar-refractivity contribution in [1.29, 1.82) is 0 Å². The van der Waals surface area contributed by atoms with E-state index in [-0.39, 0.29) is 0 Å². The third-order valence-corrected chi connectivity index (χ3v) is 5.09. The van der Waals surface area contributed by atoms with Gasteiger partial charge in [-0.15, -0.1) is 0 Å². The molecule has 26 heavy (non-hydrogen) atoms. The standard InChI is InChI=1S/C21H36N4O/c1-6-11-26-15-19-10-8-7-9-18(19)12-23-21(22-5)24-20-14-25(16(2)3)13-17(20)4/h7-10,16-17,20H,6,11-15H2,1-5H3,(H2,22,23,24). The zero-order valence-corrected chi connectivity index (χ0v) is 17.1. The maximum Gasteiger partial charge on any atom is 0.191 e. The van der Waals surface area contributed by atoms with Gasteiger partial charge in [-0.05, 0) is 37.3 Å². The minimum absolute atomic E-state index is 0.437. The van der Waals surface area contributed by atoms with Gasteiger partial charge in [0.25, 0.3) is 0 Å². The Hall–Kier alpha value is -1.59. The molecule has 0 bridgehead atoms. The molecule has 0 aromatic heterocycles. The number of nitrogens with zero attached hydrogens (tertiary/aromatic N) is 2. The van der Waals surface area contributed by atoms with Gasteiger partial charge < -0.3 is 15.4 Å². The van der Waals surface area contributed by atoms with Gasteiger partial charge in [-0.25, -0.2) is 0 Å². The maximum absolute atomic E-state index is 5.72. The van der Waals surface area contributed by atoms with Crippen molar-refractivity contribution in [1.82, 2.24) is 15.5 Å². The summed E-state index contributed by atoms with van der Waals surface area (Å²) in [6, 6.07) is 9.48. The van der Waals surface area contributed by atoms with E-state index in [1.54, 1.807) is 0 Å². The molecule has 1 fully saturated rings. The monoisotopic (exact) mass is 360 g/mol. The molecular weight excluding hydrogens is 324 g/mol. The minimum atomic E-state index is 0.437. The van der Waals surface area contributed by atoms with Crippen molar-refractivity contribution in [2.24, 2.45) is 10.9 Å². The van der Waals surface area contributed by atoms with Gasteiger partial charge in [0.05, 0.1) is 6.61 Å². The normalized spacial score (nSPS) is 21.4. The van der Waals surface area contributed by atoms with Crippen LogP contribution in [0.1, 0.15) is 45.2 Å². The van der Waals surface area contributed by atoms with E-state index < -0.39 is 0 Å². The molecule has 2 atom stereocenters. The van der Waals surface area contributed by atoms with Crippen molar-refractivity contribution in [2.75, 3.05) is 26.7 Å². The van der Waals surface area contributed by atoms with Crippen LogP contribution < -0.4 is 10.6 Å². The molecule has 1 saturated heterocycles. The average Bonchev–Trinajstić information content (AvgIpc) is 3.00. The van der Waals surface area contributed by atoms with E-state index in [0.717, 1.165) is 38.6 Å². The molecule has 0 saturated carbocycles. The maximum atomic E-state index is 5.72. The lowest BCUT2D eigenvalue weighted by Crippen LogP contribution is -2.46. The van der Waals surface area contributed by atoms with Gasteiger partial charge in [-0.3, -0.25) is 9.89 Å². The summed E-state index contributed by atoms with van der Waals surface area (Å²) < 4.78 is 5.72. The number of nitrogens with one attached hydrogen (secondary N) is 2. The smallest absolute Gasteiger partial charge is 0.191 e. The predicted octanol–water partition coefficient (Wildman–Crippen LogP) is 3.01. The third kappa shape index (κ3) is 5.99. The Labute approximate surface area is 159 Å². The highest BCUT2D eigenvalue weighted by atomic mass is 16.5. The highest BCUT2D eigenvalue weighted by Crippen LogP contribution is 2.18. The predicted molar refractivity (Wildman–Crippen MR) is 109 cm³/mol. The minimum Gasteiger partial charge on any atom is -0.377 e. The first-order valence-electron chi connectivity index (χ1n) is 9.90. The van der Waals surface area contributed by atoms with Crippen LogP contribution in [0.3, 0.4) is 0 Å². The summed E-state index contributed by atoms with van der Waals surface area (Å²) in [5.41, 5.74) is 2.50. The number of hydrogen-bond acceptors (Lipinski definition) is 3. The second-order valence-electron chi connectivity index (χ2n) is 7.52. The molecule has 1 aliphatic rings. The SMILES string of the molecule is CCCOCc1ccccc1CNC(=NC)NC1CN(C(C)C)CC1C. The number of benzene rings is 1. The van der Waals surface area contributed by atoms with Gasteiger partial charge in [0.15, 0.2) is 5.96 Å². The summed E-state index contributed by atoms with van der Waals surface area (Å²) >= 11 is 0. The highest BCUT2D eigenvalue weighted by Gasteiger charge is 2.31. The molecule has 1 aromatic carbocycles. The van der Waals surface area contributed by atoms with Crippen LogP contribution in [0.2, 0.25) is 0 Å². The fourth-order valence-corrected chi connectivity index (χ4v) is 3.36. The Morgan fingerprint density at radius 2 is 2.00 bits per heavy atom. The van der Waals surface area contributed by atoms with E-state index >= 15 is 0 Å². The van der Waals surface area contributed by atoms with Crippen LogP contribution >= 0.6 is 0 Å². The molecule has 0 radical (unpaired) electrons. The van der Waals surface area contributed by atoms with Gasteiger partial charge in [-0.2, -0.15) is 0 Å². The molecular formula is C21H36N4O. The van der Waals surface area contributed by atoms with E-state index in [2.05, 4.69) is 72.5 Å². The van der Waals surface area contributed by atoms with Crippen LogP contribution in [0.15, 0.2) is 29.3 Å². The summed E-state index contributed by atoms with van der Waals surface area (Å²) in [5.74, 6) is 1.49. The molecule has 2 N–H and O–H groups in total. The topological polar surface area (TPSA) is 48.9 Å². The molecule has 1 aliphatic heterocycles. The van der Waals surface area contributed by atoms with Crippen LogP contribution in [-0.2, 0) is 17.9 Å². The molecule has 146 valence electrons. The lowest BCUT2D eigenvalue weighted by Gasteiger charge is -2.22. The van der Waals surface area contributed by atoms with Gasteiger partial charge in [0, 0.05) is 45.4 Å². The Bertz CT molecular complexity index is 573. The summed E-state index contributed by atoms with van der Waals surface area (Å²) in [5, 5.41) is 7.08. The number of aliphatic imine (C=N–C) groups is 1. The molecule has 1 aromatic rings. The summed E-state index contributed by atoms with van der Waals surface area (Å²) in [6.45, 7) is 13.4. The average molecular weight is 361 g/mol. The van der Waals surface area contributed by atoms with Gasteiger partial charge in [-0.1, -0.05) is 38.1 Å². The first-order valence-corrected chi connectivity index (χ1v) is 9.90. The van der Waals surface area contributed by atoms with Crippen molar-refractivity contribution in [2.45, 2.75) is 59.4 Å². The van der Waals surface area contributed by atoms with Gasteiger partial charge in [0.2, 0.25) is 0 Å². The first kappa shape index (κ1) is 20.7. The summed E-state index contributed by atoms with van der Waals surface area (Å²) in [7, 11) is 1.84. The van der Waals surface area contributed by atoms with Gasteiger partial charge >= 0.3 is 0 Å². The summed E-state index contributed by atoms with van der Waals surface area (Å²) in [6.07, 6.45) is 1.05. The van der Waals surface area contributed by atoms with E-state index in [1.165, 1.54) is 11.1 Å².